The number of ether oxygens (including phenoxy) is 1. The highest BCUT2D eigenvalue weighted by molar-refractivity contribution is 8.13. The summed E-state index contributed by atoms with van der Waals surface area (Å²) in [6.45, 7) is 9.08. The zero-order chi connectivity index (χ0) is 20.2. The van der Waals surface area contributed by atoms with Gasteiger partial charge in [0.25, 0.3) is 0 Å². The highest BCUT2D eigenvalue weighted by Gasteiger charge is 2.52. The fourth-order valence-electron chi connectivity index (χ4n) is 2.38. The van der Waals surface area contributed by atoms with Crippen LogP contribution in [0, 0.1) is 0 Å². The van der Waals surface area contributed by atoms with Crippen molar-refractivity contribution in [2.24, 2.45) is 0 Å². The molecule has 0 atom stereocenters. The Hall–Kier alpha value is -1.77. The lowest BCUT2D eigenvalue weighted by Gasteiger charge is -2.32. The lowest BCUT2D eigenvalue weighted by atomic mass is 9.78. The van der Waals surface area contributed by atoms with E-state index in [0.29, 0.717) is 11.5 Å². The van der Waals surface area contributed by atoms with E-state index in [4.69, 9.17) is 19.2 Å². The topological polar surface area (TPSA) is 82.1 Å². The average molecular weight is 392 g/mol. The van der Waals surface area contributed by atoms with E-state index in [1.807, 2.05) is 45.9 Å². The van der Waals surface area contributed by atoms with Crippen molar-refractivity contribution in [2.75, 3.05) is 12.4 Å². The van der Waals surface area contributed by atoms with Gasteiger partial charge in [-0.15, -0.1) is 0 Å². The van der Waals surface area contributed by atoms with Crippen LogP contribution in [-0.2, 0) is 18.9 Å². The van der Waals surface area contributed by atoms with Crippen molar-refractivity contribution in [3.05, 3.63) is 35.3 Å². The Bertz CT molecular complexity index is 710. The Morgan fingerprint density at radius 1 is 1.15 bits per heavy atom. The molecule has 0 amide bonds. The van der Waals surface area contributed by atoms with Crippen molar-refractivity contribution in [1.82, 2.24) is 0 Å². The molecule has 0 aliphatic carbocycles. The number of carboxylic acids is 1. The monoisotopic (exact) mass is 392 g/mol. The number of aliphatic carboxylic acids is 1. The zero-order valence-electron chi connectivity index (χ0n) is 16.3. The Morgan fingerprint density at radius 2 is 1.70 bits per heavy atom. The van der Waals surface area contributed by atoms with E-state index in [0.717, 1.165) is 11.0 Å². The van der Waals surface area contributed by atoms with E-state index in [1.54, 1.807) is 12.1 Å². The zero-order valence-corrected chi connectivity index (χ0v) is 17.1. The van der Waals surface area contributed by atoms with Crippen molar-refractivity contribution in [2.45, 2.75) is 45.8 Å². The molecule has 1 saturated heterocycles. The molecule has 0 spiro atoms. The van der Waals surface area contributed by atoms with Crippen molar-refractivity contribution < 1.29 is 28.7 Å². The molecule has 0 saturated carbocycles. The van der Waals surface area contributed by atoms with Gasteiger partial charge in [0.1, 0.15) is 5.75 Å². The van der Waals surface area contributed by atoms with Gasteiger partial charge in [-0.1, -0.05) is 30.0 Å². The fourth-order valence-corrected chi connectivity index (χ4v) is 2.97. The number of carbonyl (C=O) groups is 2. The predicted octanol–water partition coefficient (Wildman–Crippen LogP) is 3.44. The molecule has 0 bridgehead atoms. The molecular weight excluding hydrogens is 367 g/mol. The molecule has 0 radical (unpaired) electrons. The van der Waals surface area contributed by atoms with Gasteiger partial charge in [0.2, 0.25) is 0 Å². The van der Waals surface area contributed by atoms with Gasteiger partial charge in [-0.3, -0.25) is 4.79 Å². The number of hydrogen-bond acceptors (Lipinski definition) is 6. The minimum Gasteiger partial charge on any atom is -0.482 e. The third-order valence-corrected chi connectivity index (χ3v) is 5.48. The maximum atomic E-state index is 11.4. The van der Waals surface area contributed by atoms with Crippen molar-refractivity contribution in [1.29, 1.82) is 0 Å². The number of carbonyl (C=O) groups excluding carboxylic acids is 1. The molecule has 6 nitrogen and oxygen atoms in total. The summed E-state index contributed by atoms with van der Waals surface area (Å²) in [5.41, 5.74) is 0.804. The van der Waals surface area contributed by atoms with Crippen LogP contribution in [-0.4, -0.2) is 46.9 Å². The normalized spacial score (nSPS) is 18.4. The largest absolute Gasteiger partial charge is 0.491 e. The molecule has 1 aromatic rings. The van der Waals surface area contributed by atoms with Gasteiger partial charge in [0.15, 0.2) is 11.7 Å². The summed E-state index contributed by atoms with van der Waals surface area (Å²) in [4.78, 5) is 22.0. The summed E-state index contributed by atoms with van der Waals surface area (Å²) < 4.78 is 17.4. The molecule has 2 rings (SSSR count). The lowest BCUT2D eigenvalue weighted by molar-refractivity contribution is -0.139. The summed E-state index contributed by atoms with van der Waals surface area (Å²) in [5, 5.41) is 8.69. The van der Waals surface area contributed by atoms with Crippen LogP contribution < -0.4 is 4.74 Å². The second kappa shape index (κ2) is 8.50. The summed E-state index contributed by atoms with van der Waals surface area (Å²) in [6, 6.07) is 7.05. The molecule has 27 heavy (non-hydrogen) atoms. The van der Waals surface area contributed by atoms with Gasteiger partial charge < -0.3 is 19.2 Å². The molecule has 8 heteroatoms. The number of benzene rings is 1. The molecule has 0 aromatic heterocycles. The van der Waals surface area contributed by atoms with Crippen LogP contribution in [0.1, 0.15) is 40.2 Å². The summed E-state index contributed by atoms with van der Waals surface area (Å²) >= 11 is 1.20. The molecule has 1 aliphatic rings. The van der Waals surface area contributed by atoms with E-state index in [2.05, 4.69) is 0 Å². The first-order valence-electron chi connectivity index (χ1n) is 8.64. The maximum absolute atomic E-state index is 11.4. The predicted molar refractivity (Wildman–Crippen MR) is 107 cm³/mol. The first-order valence-corrected chi connectivity index (χ1v) is 9.63. The Balaban J connectivity index is 2.21. The molecule has 0 unspecified atom stereocenters. The molecule has 1 aliphatic heterocycles. The number of thioether (sulfide) groups is 1. The molecule has 1 fully saturated rings. The van der Waals surface area contributed by atoms with Gasteiger partial charge in [-0.05, 0) is 50.9 Å². The van der Waals surface area contributed by atoms with Crippen LogP contribution >= 0.6 is 11.8 Å². The van der Waals surface area contributed by atoms with E-state index in [1.165, 1.54) is 18.7 Å². The van der Waals surface area contributed by atoms with Crippen LogP contribution in [0.3, 0.4) is 0 Å². The van der Waals surface area contributed by atoms with E-state index >= 15 is 0 Å². The van der Waals surface area contributed by atoms with Crippen molar-refractivity contribution in [3.8, 4) is 5.75 Å². The molecule has 1 heterocycles. The van der Waals surface area contributed by atoms with Crippen molar-refractivity contribution in [3.63, 3.8) is 0 Å². The fraction of sp³-hybridized carbons (Fsp3) is 0.474. The third-order valence-electron chi connectivity index (χ3n) is 4.59. The third kappa shape index (κ3) is 5.86. The van der Waals surface area contributed by atoms with Gasteiger partial charge in [-0.25, -0.2) is 4.79 Å². The second-order valence-corrected chi connectivity index (χ2v) is 8.49. The molecular formula is C19H25BO6S. The van der Waals surface area contributed by atoms with E-state index in [9.17, 15) is 9.59 Å². The van der Waals surface area contributed by atoms with Crippen LogP contribution in [0.5, 0.6) is 5.75 Å². The summed E-state index contributed by atoms with van der Waals surface area (Å²) in [5.74, 6) is -0.0863. The number of rotatable bonds is 7. The number of carboxylic acid groups (broad SMARTS) is 1. The minimum atomic E-state index is -1.02. The van der Waals surface area contributed by atoms with Crippen LogP contribution in [0.15, 0.2) is 29.7 Å². The standard InChI is InChI=1S/C19H25BO6S/c1-13(21)27-12-15(20-25-18(2,3)19(4,5)26-20)10-14-6-8-16(9-7-14)24-11-17(22)23/h6-10H,11-12H2,1-5H3,(H,22,23). The lowest BCUT2D eigenvalue weighted by Crippen LogP contribution is -2.41. The SMILES string of the molecule is CC(=O)SCC(=Cc1ccc(OCC(=O)O)cc1)B1OC(C)(C)C(C)(C)O1. The van der Waals surface area contributed by atoms with Crippen LogP contribution in [0.25, 0.3) is 6.08 Å². The van der Waals surface area contributed by atoms with E-state index in [-0.39, 0.29) is 11.7 Å². The van der Waals surface area contributed by atoms with E-state index < -0.39 is 24.3 Å². The second-order valence-electron chi connectivity index (χ2n) is 7.34. The summed E-state index contributed by atoms with van der Waals surface area (Å²) in [7, 11) is -0.537. The molecule has 146 valence electrons. The quantitative estimate of drug-likeness (QED) is 0.712. The summed E-state index contributed by atoms with van der Waals surface area (Å²) in [6.07, 6.45) is 1.93. The minimum absolute atomic E-state index is 0.0230. The smallest absolute Gasteiger partial charge is 0.482 e. The molecule has 1 N–H and O–H groups in total. The van der Waals surface area contributed by atoms with Crippen molar-refractivity contribution >= 4 is 36.0 Å². The van der Waals surface area contributed by atoms with Gasteiger partial charge in [0.05, 0.1) is 11.2 Å². The first-order chi connectivity index (χ1) is 12.5. The average Bonchev–Trinajstić information content (AvgIpc) is 2.78. The van der Waals surface area contributed by atoms with Crippen LogP contribution in [0.2, 0.25) is 0 Å². The first kappa shape index (κ1) is 21.5. The Morgan fingerprint density at radius 3 is 2.19 bits per heavy atom. The van der Waals surface area contributed by atoms with Gasteiger partial charge in [0, 0.05) is 12.7 Å². The maximum Gasteiger partial charge on any atom is 0.491 e. The molecule has 1 aromatic carbocycles. The van der Waals surface area contributed by atoms with Gasteiger partial charge in [-0.2, -0.15) is 0 Å². The highest BCUT2D eigenvalue weighted by Crippen LogP contribution is 2.39. The van der Waals surface area contributed by atoms with Gasteiger partial charge >= 0.3 is 13.1 Å². The Labute approximate surface area is 164 Å². The highest BCUT2D eigenvalue weighted by atomic mass is 32.2. The Kier molecular flexibility index (Phi) is 6.78. The number of hydrogen-bond donors (Lipinski definition) is 1. The van der Waals surface area contributed by atoms with Crippen LogP contribution in [0.4, 0.5) is 0 Å².